The molecule has 0 heterocycles. The van der Waals surface area contributed by atoms with Crippen molar-refractivity contribution in [1.82, 2.24) is 5.32 Å². The van der Waals surface area contributed by atoms with Gasteiger partial charge in [-0.15, -0.1) is 0 Å². The van der Waals surface area contributed by atoms with Gasteiger partial charge in [0.25, 0.3) is 5.91 Å². The van der Waals surface area contributed by atoms with Gasteiger partial charge in [-0.1, -0.05) is 29.8 Å². The first-order chi connectivity index (χ1) is 12.0. The highest BCUT2D eigenvalue weighted by molar-refractivity contribution is 6.31. The quantitative estimate of drug-likeness (QED) is 0.813. The lowest BCUT2D eigenvalue weighted by Crippen LogP contribution is -2.51. The van der Waals surface area contributed by atoms with E-state index in [0.29, 0.717) is 29.3 Å². The highest BCUT2D eigenvalue weighted by Gasteiger charge is 2.55. The van der Waals surface area contributed by atoms with Crippen LogP contribution in [0.15, 0.2) is 24.3 Å². The number of esters is 1. The molecule has 4 aliphatic rings. The van der Waals surface area contributed by atoms with Gasteiger partial charge in [0, 0.05) is 11.6 Å². The van der Waals surface area contributed by atoms with E-state index in [2.05, 4.69) is 5.32 Å². The van der Waals surface area contributed by atoms with Gasteiger partial charge in [0.1, 0.15) is 0 Å². The Bertz CT molecular complexity index is 652. The number of rotatable bonds is 5. The number of carbonyl (C=O) groups is 2. The third-order valence-corrected chi connectivity index (χ3v) is 6.61. The fraction of sp³-hybridized carbons (Fsp3) is 0.600. The van der Waals surface area contributed by atoms with Crippen LogP contribution in [0.25, 0.3) is 0 Å². The van der Waals surface area contributed by atoms with Gasteiger partial charge in [0.2, 0.25) is 0 Å². The lowest BCUT2D eigenvalue weighted by molar-refractivity contribution is -0.173. The van der Waals surface area contributed by atoms with Crippen molar-refractivity contribution < 1.29 is 14.3 Å². The van der Waals surface area contributed by atoms with Crippen LogP contribution >= 0.6 is 11.6 Å². The molecule has 5 rings (SSSR count). The largest absolute Gasteiger partial charge is 0.455 e. The summed E-state index contributed by atoms with van der Waals surface area (Å²) in [5.41, 5.74) is 0.544. The van der Waals surface area contributed by atoms with Crippen LogP contribution in [0.2, 0.25) is 5.02 Å². The fourth-order valence-corrected chi connectivity index (χ4v) is 5.73. The van der Waals surface area contributed by atoms with Crippen molar-refractivity contribution in [3.05, 3.63) is 34.9 Å². The summed E-state index contributed by atoms with van der Waals surface area (Å²) < 4.78 is 5.42. The number of amides is 1. The summed E-state index contributed by atoms with van der Waals surface area (Å²) >= 11 is 6.08. The number of benzene rings is 1. The number of nitrogens with one attached hydrogen (secondary N) is 1. The molecule has 5 heteroatoms. The Labute approximate surface area is 153 Å². The molecule has 0 aliphatic heterocycles. The van der Waals surface area contributed by atoms with Crippen LogP contribution in [0.1, 0.15) is 44.1 Å². The Hall–Kier alpha value is -1.55. The molecule has 4 saturated carbocycles. The van der Waals surface area contributed by atoms with Gasteiger partial charge >= 0.3 is 5.97 Å². The number of hydrogen-bond acceptors (Lipinski definition) is 3. The molecule has 0 radical (unpaired) electrons. The third kappa shape index (κ3) is 3.41. The molecule has 0 unspecified atom stereocenters. The van der Waals surface area contributed by atoms with E-state index in [-0.39, 0.29) is 23.9 Å². The van der Waals surface area contributed by atoms with Crippen LogP contribution < -0.4 is 5.32 Å². The van der Waals surface area contributed by atoms with Crippen molar-refractivity contribution in [3.63, 3.8) is 0 Å². The Balaban J connectivity index is 1.29. The van der Waals surface area contributed by atoms with Gasteiger partial charge in [-0.05, 0) is 67.9 Å². The van der Waals surface area contributed by atoms with Gasteiger partial charge < -0.3 is 10.1 Å². The van der Waals surface area contributed by atoms with Crippen LogP contribution in [-0.2, 0) is 20.9 Å². The molecule has 4 fully saturated rings. The molecule has 1 aromatic rings. The minimum Gasteiger partial charge on any atom is -0.455 e. The summed E-state index contributed by atoms with van der Waals surface area (Å²) in [4.78, 5) is 24.7. The van der Waals surface area contributed by atoms with Gasteiger partial charge in [-0.25, -0.2) is 0 Å². The van der Waals surface area contributed by atoms with Crippen LogP contribution in [0.5, 0.6) is 0 Å². The molecule has 134 valence electrons. The Morgan fingerprint density at radius 1 is 1.08 bits per heavy atom. The van der Waals surface area contributed by atoms with Crippen molar-refractivity contribution in [2.75, 3.05) is 6.61 Å². The van der Waals surface area contributed by atoms with E-state index in [1.54, 1.807) is 6.07 Å². The predicted molar refractivity (Wildman–Crippen MR) is 94.9 cm³/mol. The maximum Gasteiger partial charge on any atom is 0.312 e. The molecule has 0 atom stereocenters. The molecule has 1 amide bonds. The fourth-order valence-electron chi connectivity index (χ4n) is 5.53. The predicted octanol–water partition coefficient (Wildman–Crippen LogP) is 3.72. The van der Waals surface area contributed by atoms with E-state index in [1.807, 2.05) is 18.2 Å². The normalized spacial score (nSPS) is 32.4. The monoisotopic (exact) mass is 361 g/mol. The van der Waals surface area contributed by atoms with Crippen LogP contribution in [0, 0.1) is 23.2 Å². The minimum absolute atomic E-state index is 0.153. The van der Waals surface area contributed by atoms with Crippen LogP contribution in [0.4, 0.5) is 0 Å². The van der Waals surface area contributed by atoms with Crippen molar-refractivity contribution in [2.24, 2.45) is 23.2 Å². The van der Waals surface area contributed by atoms with E-state index < -0.39 is 0 Å². The molecule has 25 heavy (non-hydrogen) atoms. The van der Waals surface area contributed by atoms with Crippen LogP contribution in [-0.4, -0.2) is 18.5 Å². The molecular formula is C20H24ClNO3. The van der Waals surface area contributed by atoms with E-state index in [0.717, 1.165) is 24.8 Å². The summed E-state index contributed by atoms with van der Waals surface area (Å²) in [6.07, 6.45) is 6.72. The molecule has 0 aromatic heterocycles. The van der Waals surface area contributed by atoms with Crippen LogP contribution in [0.3, 0.4) is 0 Å². The van der Waals surface area contributed by atoms with Crippen molar-refractivity contribution in [3.8, 4) is 0 Å². The third-order valence-electron chi connectivity index (χ3n) is 6.24. The molecule has 1 aromatic carbocycles. The van der Waals surface area contributed by atoms with E-state index in [4.69, 9.17) is 16.3 Å². The summed E-state index contributed by atoms with van der Waals surface area (Å²) in [6, 6.07) is 7.38. The smallest absolute Gasteiger partial charge is 0.312 e. The van der Waals surface area contributed by atoms with Gasteiger partial charge in [-0.2, -0.15) is 0 Å². The average Bonchev–Trinajstić information content (AvgIpc) is 2.57. The van der Waals surface area contributed by atoms with E-state index >= 15 is 0 Å². The van der Waals surface area contributed by atoms with Gasteiger partial charge in [-0.3, -0.25) is 9.59 Å². The topological polar surface area (TPSA) is 55.4 Å². The van der Waals surface area contributed by atoms with Crippen molar-refractivity contribution in [2.45, 2.75) is 45.1 Å². The standard InChI is InChI=1S/C20H24ClNO3/c21-17-4-2-1-3-16(17)11-22-18(23)12-25-19(24)20-8-13-5-14(9-20)7-15(6-13)10-20/h1-4,13-15H,5-12H2,(H,22,23). The lowest BCUT2D eigenvalue weighted by Gasteiger charge is -2.55. The first kappa shape index (κ1) is 16.9. The Morgan fingerprint density at radius 3 is 2.28 bits per heavy atom. The highest BCUT2D eigenvalue weighted by Crippen LogP contribution is 2.60. The lowest BCUT2D eigenvalue weighted by atomic mass is 9.49. The number of halogens is 1. The molecule has 1 N–H and O–H groups in total. The summed E-state index contributed by atoms with van der Waals surface area (Å²) in [7, 11) is 0. The Kier molecular flexibility index (Phi) is 4.48. The van der Waals surface area contributed by atoms with Gasteiger partial charge in [0.15, 0.2) is 6.61 Å². The molecule has 0 saturated heterocycles. The van der Waals surface area contributed by atoms with E-state index in [9.17, 15) is 9.59 Å². The Morgan fingerprint density at radius 2 is 1.68 bits per heavy atom. The first-order valence-corrected chi connectivity index (χ1v) is 9.59. The van der Waals surface area contributed by atoms with Crippen molar-refractivity contribution in [1.29, 1.82) is 0 Å². The zero-order valence-corrected chi connectivity index (χ0v) is 15.1. The van der Waals surface area contributed by atoms with E-state index in [1.165, 1.54) is 19.3 Å². The average molecular weight is 362 g/mol. The maximum absolute atomic E-state index is 12.7. The number of hydrogen-bond donors (Lipinski definition) is 1. The zero-order chi connectivity index (χ0) is 17.4. The summed E-state index contributed by atoms with van der Waals surface area (Å²) in [6.45, 7) is 0.137. The summed E-state index contributed by atoms with van der Waals surface area (Å²) in [5.74, 6) is 1.63. The second-order valence-corrected chi connectivity index (χ2v) is 8.55. The maximum atomic E-state index is 12.7. The second-order valence-electron chi connectivity index (χ2n) is 8.14. The first-order valence-electron chi connectivity index (χ1n) is 9.21. The second kappa shape index (κ2) is 6.64. The SMILES string of the molecule is O=C(COC(=O)C12CC3CC(CC(C3)C1)C2)NCc1ccccc1Cl. The molecule has 0 spiro atoms. The molecule has 4 bridgehead atoms. The number of carbonyl (C=O) groups excluding carboxylic acids is 2. The molecule has 4 aliphatic carbocycles. The highest BCUT2D eigenvalue weighted by atomic mass is 35.5. The summed E-state index contributed by atoms with van der Waals surface area (Å²) in [5, 5.41) is 3.39. The van der Waals surface area contributed by atoms with Gasteiger partial charge in [0.05, 0.1) is 5.41 Å². The minimum atomic E-state index is -0.308. The van der Waals surface area contributed by atoms with Crippen molar-refractivity contribution >= 4 is 23.5 Å². The zero-order valence-electron chi connectivity index (χ0n) is 14.3. The molecular weight excluding hydrogens is 338 g/mol. The molecule has 4 nitrogen and oxygen atoms in total. The number of ether oxygens (including phenoxy) is 1.